The maximum atomic E-state index is 4.59. The summed E-state index contributed by atoms with van der Waals surface area (Å²) in [6, 6.07) is 10.9. The van der Waals surface area contributed by atoms with Gasteiger partial charge in [-0.1, -0.05) is 48.2 Å². The Bertz CT molecular complexity index is 831. The molecule has 0 amide bonds. The molecule has 116 valence electrons. The summed E-state index contributed by atoms with van der Waals surface area (Å²) in [5.41, 5.74) is 2.63. The lowest BCUT2D eigenvalue weighted by Gasteiger charge is -2.07. The van der Waals surface area contributed by atoms with E-state index in [9.17, 15) is 0 Å². The van der Waals surface area contributed by atoms with Crippen molar-refractivity contribution in [3.05, 3.63) is 48.6 Å². The van der Waals surface area contributed by atoms with E-state index in [1.807, 2.05) is 12.1 Å². The summed E-state index contributed by atoms with van der Waals surface area (Å²) >= 11 is 1.54. The first-order chi connectivity index (χ1) is 11.3. The largest absolute Gasteiger partial charge is 0.365 e. The average molecular weight is 324 g/mol. The molecule has 0 spiro atoms. The fourth-order valence-corrected chi connectivity index (χ4v) is 3.20. The number of thioether (sulfide) groups is 1. The van der Waals surface area contributed by atoms with Crippen LogP contribution in [-0.4, -0.2) is 37.2 Å². The number of rotatable bonds is 6. The molecule has 1 aliphatic carbocycles. The molecule has 1 aromatic carbocycles. The van der Waals surface area contributed by atoms with Crippen LogP contribution in [0.15, 0.2) is 48.1 Å². The average Bonchev–Trinajstić information content (AvgIpc) is 3.18. The lowest BCUT2D eigenvalue weighted by atomic mass is 10.1. The van der Waals surface area contributed by atoms with Crippen molar-refractivity contribution in [2.24, 2.45) is 0 Å². The summed E-state index contributed by atoms with van der Waals surface area (Å²) in [4.78, 5) is 8.99. The van der Waals surface area contributed by atoms with Crippen molar-refractivity contribution in [2.75, 3.05) is 11.1 Å². The first-order valence-corrected chi connectivity index (χ1v) is 8.47. The van der Waals surface area contributed by atoms with Crippen LogP contribution in [0, 0.1) is 0 Å². The van der Waals surface area contributed by atoms with Crippen LogP contribution in [0.2, 0.25) is 0 Å². The molecule has 4 rings (SSSR count). The van der Waals surface area contributed by atoms with E-state index >= 15 is 0 Å². The molecule has 0 aliphatic heterocycles. The third kappa shape index (κ3) is 2.92. The van der Waals surface area contributed by atoms with Gasteiger partial charge in [-0.25, -0.2) is 4.98 Å². The maximum absolute atomic E-state index is 4.59. The second-order valence-corrected chi connectivity index (χ2v) is 6.44. The lowest BCUT2D eigenvalue weighted by molar-refractivity contribution is 0.945. The van der Waals surface area contributed by atoms with E-state index in [0.29, 0.717) is 28.3 Å². The third-order valence-corrected chi connectivity index (χ3v) is 4.68. The molecule has 2 N–H and O–H groups in total. The van der Waals surface area contributed by atoms with Gasteiger partial charge in [-0.2, -0.15) is 15.3 Å². The molecule has 0 bridgehead atoms. The molecule has 7 heteroatoms. The highest BCUT2D eigenvalue weighted by atomic mass is 32.2. The van der Waals surface area contributed by atoms with Crippen LogP contribution in [0.4, 0.5) is 5.82 Å². The van der Waals surface area contributed by atoms with Crippen molar-refractivity contribution in [3.63, 3.8) is 0 Å². The Morgan fingerprint density at radius 3 is 2.96 bits per heavy atom. The number of fused-ring (bicyclic) bond motifs is 1. The SMILES string of the molecule is C=CCSc1nc(NC2CC2c2ccccc2)c2n[nH]nc2n1. The number of benzene rings is 1. The number of hydrogen-bond donors (Lipinski definition) is 2. The molecule has 0 saturated heterocycles. The second kappa shape index (κ2) is 6.00. The van der Waals surface area contributed by atoms with Gasteiger partial charge < -0.3 is 5.32 Å². The molecule has 0 radical (unpaired) electrons. The van der Waals surface area contributed by atoms with Gasteiger partial charge in [0, 0.05) is 17.7 Å². The van der Waals surface area contributed by atoms with Gasteiger partial charge in [0.2, 0.25) is 5.65 Å². The molecule has 2 heterocycles. The Morgan fingerprint density at radius 2 is 2.13 bits per heavy atom. The number of anilines is 1. The minimum Gasteiger partial charge on any atom is -0.365 e. The minimum atomic E-state index is 0.379. The first kappa shape index (κ1) is 14.2. The van der Waals surface area contributed by atoms with E-state index in [1.165, 1.54) is 17.3 Å². The minimum absolute atomic E-state index is 0.379. The van der Waals surface area contributed by atoms with Gasteiger partial charge in [0.15, 0.2) is 16.5 Å². The van der Waals surface area contributed by atoms with Crippen LogP contribution in [-0.2, 0) is 0 Å². The van der Waals surface area contributed by atoms with Crippen LogP contribution < -0.4 is 5.32 Å². The van der Waals surface area contributed by atoms with Crippen LogP contribution in [0.3, 0.4) is 0 Å². The molecule has 6 nitrogen and oxygen atoms in total. The van der Waals surface area contributed by atoms with E-state index < -0.39 is 0 Å². The summed E-state index contributed by atoms with van der Waals surface area (Å²) in [5.74, 6) is 2.04. The van der Waals surface area contributed by atoms with Crippen molar-refractivity contribution in [3.8, 4) is 0 Å². The zero-order valence-electron chi connectivity index (χ0n) is 12.4. The highest BCUT2D eigenvalue weighted by Crippen LogP contribution is 2.43. The predicted octanol–water partition coefficient (Wildman–Crippen LogP) is 2.99. The van der Waals surface area contributed by atoms with Gasteiger partial charge in [0.25, 0.3) is 0 Å². The quantitative estimate of drug-likeness (QED) is 0.412. The number of aromatic amines is 1. The van der Waals surface area contributed by atoms with Crippen molar-refractivity contribution < 1.29 is 0 Å². The normalized spacial score (nSPS) is 19.7. The number of nitrogens with one attached hydrogen (secondary N) is 2. The topological polar surface area (TPSA) is 79.4 Å². The summed E-state index contributed by atoms with van der Waals surface area (Å²) in [6.45, 7) is 3.73. The summed E-state index contributed by atoms with van der Waals surface area (Å²) in [6.07, 6.45) is 2.93. The molecule has 1 aliphatic rings. The van der Waals surface area contributed by atoms with Gasteiger partial charge in [0.05, 0.1) is 0 Å². The van der Waals surface area contributed by atoms with E-state index in [1.54, 1.807) is 0 Å². The monoisotopic (exact) mass is 324 g/mol. The standard InChI is InChI=1S/C16H16N6S/c1-2-8-23-16-18-14(13-15(19-16)21-22-20-13)17-12-9-11(12)10-6-4-3-5-7-10/h2-7,11-12H,1,8-9H2,(H2,17,18,19,20,21,22). The Hall–Kier alpha value is -2.41. The molecule has 23 heavy (non-hydrogen) atoms. The van der Waals surface area contributed by atoms with E-state index in [0.717, 1.165) is 18.0 Å². The van der Waals surface area contributed by atoms with Gasteiger partial charge in [0.1, 0.15) is 0 Å². The maximum Gasteiger partial charge on any atom is 0.207 e. The fourth-order valence-electron chi connectivity index (χ4n) is 2.62. The Kier molecular flexibility index (Phi) is 3.70. The van der Waals surface area contributed by atoms with Gasteiger partial charge in [-0.3, -0.25) is 0 Å². The molecule has 1 fully saturated rings. The zero-order valence-corrected chi connectivity index (χ0v) is 13.3. The Morgan fingerprint density at radius 1 is 1.26 bits per heavy atom. The Labute approximate surface area is 137 Å². The predicted molar refractivity (Wildman–Crippen MR) is 91.6 cm³/mol. The number of hydrogen-bond acceptors (Lipinski definition) is 6. The lowest BCUT2D eigenvalue weighted by Crippen LogP contribution is -2.08. The second-order valence-electron chi connectivity index (χ2n) is 5.45. The van der Waals surface area contributed by atoms with Crippen LogP contribution in [0.1, 0.15) is 17.9 Å². The molecular formula is C16H16N6S. The van der Waals surface area contributed by atoms with Crippen LogP contribution in [0.5, 0.6) is 0 Å². The molecule has 2 unspecified atom stereocenters. The molecule has 1 saturated carbocycles. The van der Waals surface area contributed by atoms with E-state index in [2.05, 4.69) is 61.5 Å². The number of H-pyrrole nitrogens is 1. The fraction of sp³-hybridized carbons (Fsp3) is 0.250. The van der Waals surface area contributed by atoms with Crippen molar-refractivity contribution in [1.82, 2.24) is 25.4 Å². The molecule has 3 aromatic rings. The van der Waals surface area contributed by atoms with Crippen molar-refractivity contribution in [2.45, 2.75) is 23.5 Å². The van der Waals surface area contributed by atoms with E-state index in [4.69, 9.17) is 0 Å². The number of aromatic nitrogens is 5. The summed E-state index contributed by atoms with van der Waals surface area (Å²) in [5, 5.41) is 15.1. The molecular weight excluding hydrogens is 308 g/mol. The van der Waals surface area contributed by atoms with Crippen molar-refractivity contribution in [1.29, 1.82) is 0 Å². The smallest absolute Gasteiger partial charge is 0.207 e. The van der Waals surface area contributed by atoms with Crippen LogP contribution >= 0.6 is 11.8 Å². The first-order valence-electron chi connectivity index (χ1n) is 7.49. The third-order valence-electron chi connectivity index (χ3n) is 3.83. The Balaban J connectivity index is 1.57. The van der Waals surface area contributed by atoms with Crippen LogP contribution in [0.25, 0.3) is 11.2 Å². The van der Waals surface area contributed by atoms with Crippen molar-refractivity contribution >= 4 is 28.7 Å². The summed E-state index contributed by atoms with van der Waals surface area (Å²) in [7, 11) is 0. The molecule has 2 aromatic heterocycles. The van der Waals surface area contributed by atoms with Gasteiger partial charge in [-0.15, -0.1) is 11.7 Å². The summed E-state index contributed by atoms with van der Waals surface area (Å²) < 4.78 is 0. The van der Waals surface area contributed by atoms with Gasteiger partial charge in [-0.05, 0) is 12.0 Å². The van der Waals surface area contributed by atoms with Gasteiger partial charge >= 0.3 is 0 Å². The number of nitrogens with zero attached hydrogens (tertiary/aromatic N) is 4. The molecule has 2 atom stereocenters. The zero-order chi connectivity index (χ0) is 15.6. The van der Waals surface area contributed by atoms with E-state index in [-0.39, 0.29) is 0 Å². The highest BCUT2D eigenvalue weighted by molar-refractivity contribution is 7.99. The highest BCUT2D eigenvalue weighted by Gasteiger charge is 2.39.